The average Bonchev–Trinajstić information content (AvgIpc) is 2.98. The van der Waals surface area contributed by atoms with Crippen LogP contribution in [0.2, 0.25) is 0 Å². The van der Waals surface area contributed by atoms with Gasteiger partial charge in [-0.2, -0.15) is 0 Å². The Labute approximate surface area is 173 Å². The molecule has 8 nitrogen and oxygen atoms in total. The summed E-state index contributed by atoms with van der Waals surface area (Å²) in [5.74, 6) is 2.37. The van der Waals surface area contributed by atoms with Crippen molar-refractivity contribution in [1.29, 1.82) is 0 Å². The van der Waals surface area contributed by atoms with Gasteiger partial charge in [0.2, 0.25) is 0 Å². The number of aromatic nitrogens is 2. The lowest BCUT2D eigenvalue weighted by Gasteiger charge is -2.28. The van der Waals surface area contributed by atoms with Gasteiger partial charge >= 0.3 is 5.97 Å². The first-order valence-corrected chi connectivity index (χ1v) is 10.2. The maximum absolute atomic E-state index is 12.6. The predicted octanol–water partition coefficient (Wildman–Crippen LogP) is 1.69. The number of hydrogen-bond acceptors (Lipinski definition) is 8. The second kappa shape index (κ2) is 10.5. The summed E-state index contributed by atoms with van der Waals surface area (Å²) < 4.78 is 10.2. The number of nitrogens with one attached hydrogen (secondary N) is 1. The topological polar surface area (TPSA) is 105 Å². The molecule has 158 valence electrons. The lowest BCUT2D eigenvalue weighted by molar-refractivity contribution is 0.0186. The van der Waals surface area contributed by atoms with Gasteiger partial charge in [0.25, 0.3) is 5.56 Å². The lowest BCUT2D eigenvalue weighted by Crippen LogP contribution is -2.39. The van der Waals surface area contributed by atoms with E-state index in [1.165, 1.54) is 0 Å². The summed E-state index contributed by atoms with van der Waals surface area (Å²) in [6.45, 7) is 8.62. The van der Waals surface area contributed by atoms with E-state index < -0.39 is 12.1 Å². The molecular formula is C20H27N3O5S. The van der Waals surface area contributed by atoms with Crippen molar-refractivity contribution in [2.45, 2.75) is 46.4 Å². The standard InChI is InChI=1S/C20H27N3O5S/c1-6-8-27-11-14(24)9-23(12(3)4)10-15-21-18(25)16-13(5)17(20(26)28-7-2)29-19(16)22-15/h1,12,14,24H,7-11H2,2-5H3,(H,21,22,25). The van der Waals surface area contributed by atoms with Gasteiger partial charge in [0.15, 0.2) is 0 Å². The van der Waals surface area contributed by atoms with E-state index in [0.29, 0.717) is 39.6 Å². The molecule has 0 amide bonds. The van der Waals surface area contributed by atoms with Gasteiger partial charge in [-0.1, -0.05) is 5.92 Å². The fourth-order valence-corrected chi connectivity index (χ4v) is 3.98. The Kier molecular flexibility index (Phi) is 8.34. The molecule has 0 spiro atoms. The van der Waals surface area contributed by atoms with E-state index >= 15 is 0 Å². The number of thiophene rings is 1. The number of terminal acetylenes is 1. The van der Waals surface area contributed by atoms with Crippen molar-refractivity contribution in [2.75, 3.05) is 26.4 Å². The molecule has 1 atom stereocenters. The van der Waals surface area contributed by atoms with Gasteiger partial charge in [0, 0.05) is 12.6 Å². The van der Waals surface area contributed by atoms with E-state index in [2.05, 4.69) is 15.9 Å². The number of esters is 1. The average molecular weight is 422 g/mol. The molecule has 0 bridgehead atoms. The summed E-state index contributed by atoms with van der Waals surface area (Å²) in [4.78, 5) is 34.9. The summed E-state index contributed by atoms with van der Waals surface area (Å²) >= 11 is 1.15. The minimum atomic E-state index is -0.722. The molecule has 0 aliphatic heterocycles. The van der Waals surface area contributed by atoms with E-state index in [4.69, 9.17) is 15.9 Å². The van der Waals surface area contributed by atoms with Crippen LogP contribution in [0.15, 0.2) is 4.79 Å². The molecule has 2 aromatic heterocycles. The van der Waals surface area contributed by atoms with E-state index in [0.717, 1.165) is 11.3 Å². The first-order valence-electron chi connectivity index (χ1n) is 9.41. The highest BCUT2D eigenvalue weighted by Crippen LogP contribution is 2.27. The predicted molar refractivity (Wildman–Crippen MR) is 112 cm³/mol. The zero-order valence-electron chi connectivity index (χ0n) is 17.2. The van der Waals surface area contributed by atoms with Gasteiger partial charge < -0.3 is 19.6 Å². The Hall–Kier alpha value is -2.25. The lowest BCUT2D eigenvalue weighted by atomic mass is 10.2. The molecule has 1 unspecified atom stereocenters. The van der Waals surface area contributed by atoms with Crippen molar-refractivity contribution in [3.63, 3.8) is 0 Å². The Balaban J connectivity index is 2.24. The fraction of sp³-hybridized carbons (Fsp3) is 0.550. The number of ether oxygens (including phenoxy) is 2. The third-order valence-electron chi connectivity index (χ3n) is 4.33. The number of carbonyl (C=O) groups is 1. The molecule has 0 radical (unpaired) electrons. The number of H-pyrrole nitrogens is 1. The molecule has 2 N–H and O–H groups in total. The Bertz CT molecular complexity index is 944. The van der Waals surface area contributed by atoms with E-state index in [1.807, 2.05) is 18.7 Å². The van der Waals surface area contributed by atoms with Crippen LogP contribution < -0.4 is 5.56 Å². The molecule has 2 heterocycles. The zero-order chi connectivity index (χ0) is 21.6. The summed E-state index contributed by atoms with van der Waals surface area (Å²) in [6.07, 6.45) is 4.42. The highest BCUT2D eigenvalue weighted by molar-refractivity contribution is 7.20. The van der Waals surface area contributed by atoms with E-state index in [1.54, 1.807) is 13.8 Å². The summed E-state index contributed by atoms with van der Waals surface area (Å²) in [5.41, 5.74) is 0.279. The van der Waals surface area contributed by atoms with Crippen LogP contribution >= 0.6 is 11.3 Å². The third kappa shape index (κ3) is 5.87. The number of nitrogens with zero attached hydrogens (tertiary/aromatic N) is 2. The third-order valence-corrected chi connectivity index (χ3v) is 5.50. The monoisotopic (exact) mass is 421 g/mol. The van der Waals surface area contributed by atoms with Crippen LogP contribution in [0.1, 0.15) is 41.8 Å². The minimum Gasteiger partial charge on any atom is -0.462 e. The fourth-order valence-electron chi connectivity index (χ4n) is 2.88. The molecule has 0 aromatic carbocycles. The van der Waals surface area contributed by atoms with Crippen molar-refractivity contribution >= 4 is 27.5 Å². The molecule has 9 heteroatoms. The number of aliphatic hydroxyl groups excluding tert-OH is 1. The summed E-state index contributed by atoms with van der Waals surface area (Å²) in [6, 6.07) is 0.0958. The molecule has 2 rings (SSSR count). The second-order valence-corrected chi connectivity index (χ2v) is 7.86. The number of aryl methyl sites for hydroxylation is 1. The molecule has 0 aliphatic carbocycles. The van der Waals surface area contributed by atoms with Gasteiger partial charge in [-0.3, -0.25) is 9.69 Å². The summed E-state index contributed by atoms with van der Waals surface area (Å²) in [7, 11) is 0. The first kappa shape index (κ1) is 23.0. The van der Waals surface area contributed by atoms with Crippen molar-refractivity contribution in [3.8, 4) is 12.3 Å². The van der Waals surface area contributed by atoms with Crippen LogP contribution in [0.25, 0.3) is 10.2 Å². The number of fused-ring (bicyclic) bond motifs is 1. The number of rotatable bonds is 10. The van der Waals surface area contributed by atoms with Crippen molar-refractivity contribution in [3.05, 3.63) is 26.6 Å². The van der Waals surface area contributed by atoms with Crippen molar-refractivity contribution in [2.24, 2.45) is 0 Å². The maximum atomic E-state index is 12.6. The van der Waals surface area contributed by atoms with Crippen LogP contribution in [0, 0.1) is 19.3 Å². The van der Waals surface area contributed by atoms with Crippen molar-refractivity contribution < 1.29 is 19.4 Å². The number of aliphatic hydroxyl groups is 1. The largest absolute Gasteiger partial charge is 0.462 e. The Morgan fingerprint density at radius 2 is 2.17 bits per heavy atom. The second-order valence-electron chi connectivity index (χ2n) is 6.87. The van der Waals surface area contributed by atoms with E-state index in [-0.39, 0.29) is 31.4 Å². The number of carbonyl (C=O) groups excluding carboxylic acids is 1. The molecule has 0 saturated carbocycles. The molecule has 0 saturated heterocycles. The van der Waals surface area contributed by atoms with Crippen LogP contribution in [0.3, 0.4) is 0 Å². The molecule has 0 fully saturated rings. The summed E-state index contributed by atoms with van der Waals surface area (Å²) in [5, 5.41) is 10.6. The molecule has 0 aliphatic rings. The Morgan fingerprint density at radius 3 is 2.79 bits per heavy atom. The molecular weight excluding hydrogens is 394 g/mol. The van der Waals surface area contributed by atoms with Crippen LogP contribution in [-0.4, -0.2) is 64.5 Å². The van der Waals surface area contributed by atoms with Gasteiger partial charge in [0.05, 0.1) is 31.2 Å². The van der Waals surface area contributed by atoms with Crippen molar-refractivity contribution in [1.82, 2.24) is 14.9 Å². The smallest absolute Gasteiger partial charge is 0.348 e. The zero-order valence-corrected chi connectivity index (χ0v) is 18.0. The van der Waals surface area contributed by atoms with Gasteiger partial charge in [0.1, 0.15) is 22.1 Å². The quantitative estimate of drug-likeness (QED) is 0.342. The van der Waals surface area contributed by atoms with Gasteiger partial charge in [-0.05, 0) is 33.3 Å². The normalized spacial score (nSPS) is 12.5. The SMILES string of the molecule is C#CCOCC(O)CN(Cc1nc2sc(C(=O)OCC)c(C)c2c(=O)[nH]1)C(C)C. The first-order chi connectivity index (χ1) is 13.8. The number of aromatic amines is 1. The van der Waals surface area contributed by atoms with Gasteiger partial charge in [-0.25, -0.2) is 9.78 Å². The minimum absolute atomic E-state index is 0.0958. The van der Waals surface area contributed by atoms with Gasteiger partial charge in [-0.15, -0.1) is 17.8 Å². The highest BCUT2D eigenvalue weighted by Gasteiger charge is 2.22. The van der Waals surface area contributed by atoms with Crippen LogP contribution in [0.5, 0.6) is 0 Å². The van der Waals surface area contributed by atoms with Crippen LogP contribution in [0.4, 0.5) is 0 Å². The maximum Gasteiger partial charge on any atom is 0.348 e. The van der Waals surface area contributed by atoms with Crippen LogP contribution in [-0.2, 0) is 16.0 Å². The Morgan fingerprint density at radius 1 is 1.45 bits per heavy atom. The molecule has 2 aromatic rings. The van der Waals surface area contributed by atoms with E-state index in [9.17, 15) is 14.7 Å². The molecule has 29 heavy (non-hydrogen) atoms. The number of hydrogen-bond donors (Lipinski definition) is 2. The highest BCUT2D eigenvalue weighted by atomic mass is 32.1.